The van der Waals surface area contributed by atoms with E-state index in [1.807, 2.05) is 6.07 Å². The van der Waals surface area contributed by atoms with Crippen LogP contribution in [0.2, 0.25) is 0 Å². The molecule has 0 bridgehead atoms. The second-order valence-corrected chi connectivity index (χ2v) is 3.62. The molecule has 0 atom stereocenters. The summed E-state index contributed by atoms with van der Waals surface area (Å²) in [7, 11) is 0. The van der Waals surface area contributed by atoms with Crippen molar-refractivity contribution in [2.45, 2.75) is 39.3 Å². The Labute approximate surface area is 90.7 Å². The first-order valence-electron chi connectivity index (χ1n) is 5.66. The molecular weight excluding hydrogens is 193 g/mol. The lowest BCUT2D eigenvalue weighted by Gasteiger charge is -2.06. The van der Waals surface area contributed by atoms with Gasteiger partial charge in [0.1, 0.15) is 6.67 Å². The molecule has 0 aromatic carbocycles. The third kappa shape index (κ3) is 4.42. The van der Waals surface area contributed by atoms with Crippen molar-refractivity contribution in [3.63, 3.8) is 0 Å². The SMILES string of the molecule is CCCCCNCc1ccnn1CCF. The number of hydrogen-bond donors (Lipinski definition) is 1. The number of alkyl halides is 1. The van der Waals surface area contributed by atoms with Crippen molar-refractivity contribution in [2.75, 3.05) is 13.2 Å². The first-order chi connectivity index (χ1) is 7.38. The largest absolute Gasteiger partial charge is 0.311 e. The van der Waals surface area contributed by atoms with Crippen LogP contribution in [0.3, 0.4) is 0 Å². The Morgan fingerprint density at radius 2 is 2.33 bits per heavy atom. The molecular formula is C11H20FN3. The third-order valence-corrected chi connectivity index (χ3v) is 2.36. The summed E-state index contributed by atoms with van der Waals surface area (Å²) in [5.41, 5.74) is 1.06. The van der Waals surface area contributed by atoms with Crippen molar-refractivity contribution >= 4 is 0 Å². The van der Waals surface area contributed by atoms with Gasteiger partial charge in [0, 0.05) is 12.7 Å². The van der Waals surface area contributed by atoms with Crippen LogP contribution in [-0.4, -0.2) is 23.0 Å². The van der Waals surface area contributed by atoms with E-state index in [0.717, 1.165) is 18.8 Å². The van der Waals surface area contributed by atoms with Gasteiger partial charge in [-0.15, -0.1) is 0 Å². The second kappa shape index (κ2) is 7.40. The number of nitrogens with one attached hydrogen (secondary N) is 1. The van der Waals surface area contributed by atoms with E-state index in [1.54, 1.807) is 10.9 Å². The van der Waals surface area contributed by atoms with Crippen molar-refractivity contribution < 1.29 is 4.39 Å². The fourth-order valence-corrected chi connectivity index (χ4v) is 1.51. The predicted octanol–water partition coefficient (Wildman–Crippen LogP) is 2.13. The first-order valence-corrected chi connectivity index (χ1v) is 5.66. The molecule has 86 valence electrons. The van der Waals surface area contributed by atoms with E-state index in [1.165, 1.54) is 19.3 Å². The van der Waals surface area contributed by atoms with Crippen LogP contribution in [0.25, 0.3) is 0 Å². The highest BCUT2D eigenvalue weighted by molar-refractivity contribution is 4.99. The lowest BCUT2D eigenvalue weighted by Crippen LogP contribution is -2.18. The fourth-order valence-electron chi connectivity index (χ4n) is 1.51. The Morgan fingerprint density at radius 1 is 1.47 bits per heavy atom. The highest BCUT2D eigenvalue weighted by Gasteiger charge is 2.00. The summed E-state index contributed by atoms with van der Waals surface area (Å²) in [6.45, 7) is 4.00. The number of nitrogens with zero attached hydrogens (tertiary/aromatic N) is 2. The average molecular weight is 213 g/mol. The summed E-state index contributed by atoms with van der Waals surface area (Å²) >= 11 is 0. The van der Waals surface area contributed by atoms with Crippen LogP contribution in [0, 0.1) is 0 Å². The molecule has 0 aliphatic rings. The lowest BCUT2D eigenvalue weighted by atomic mass is 10.2. The Bertz CT molecular complexity index is 260. The van der Waals surface area contributed by atoms with Crippen molar-refractivity contribution in [1.82, 2.24) is 15.1 Å². The Kier molecular flexibility index (Phi) is 6.00. The smallest absolute Gasteiger partial charge is 0.109 e. The van der Waals surface area contributed by atoms with Gasteiger partial charge in [0.05, 0.1) is 12.2 Å². The molecule has 0 amide bonds. The van der Waals surface area contributed by atoms with E-state index in [9.17, 15) is 4.39 Å². The second-order valence-electron chi connectivity index (χ2n) is 3.62. The topological polar surface area (TPSA) is 29.9 Å². The summed E-state index contributed by atoms with van der Waals surface area (Å²) in [5.74, 6) is 0. The molecule has 4 heteroatoms. The average Bonchev–Trinajstić information content (AvgIpc) is 2.66. The van der Waals surface area contributed by atoms with Crippen molar-refractivity contribution in [2.24, 2.45) is 0 Å². The van der Waals surface area contributed by atoms with Crippen LogP contribution in [-0.2, 0) is 13.1 Å². The number of aromatic nitrogens is 2. The highest BCUT2D eigenvalue weighted by Crippen LogP contribution is 1.99. The van der Waals surface area contributed by atoms with E-state index in [2.05, 4.69) is 17.3 Å². The van der Waals surface area contributed by atoms with Crippen LogP contribution in [0.4, 0.5) is 4.39 Å². The molecule has 0 spiro atoms. The van der Waals surface area contributed by atoms with E-state index in [0.29, 0.717) is 6.54 Å². The van der Waals surface area contributed by atoms with E-state index in [4.69, 9.17) is 0 Å². The van der Waals surface area contributed by atoms with Crippen LogP contribution in [0.5, 0.6) is 0 Å². The van der Waals surface area contributed by atoms with E-state index >= 15 is 0 Å². The molecule has 0 fully saturated rings. The van der Waals surface area contributed by atoms with Gasteiger partial charge in [-0.05, 0) is 19.0 Å². The molecule has 0 saturated heterocycles. The van der Waals surface area contributed by atoms with Crippen LogP contribution in [0.1, 0.15) is 31.9 Å². The zero-order valence-electron chi connectivity index (χ0n) is 9.38. The Balaban J connectivity index is 2.21. The van der Waals surface area contributed by atoms with Crippen molar-refractivity contribution in [1.29, 1.82) is 0 Å². The third-order valence-electron chi connectivity index (χ3n) is 2.36. The van der Waals surface area contributed by atoms with Crippen LogP contribution in [0.15, 0.2) is 12.3 Å². The van der Waals surface area contributed by atoms with Gasteiger partial charge in [0.15, 0.2) is 0 Å². The monoisotopic (exact) mass is 213 g/mol. The maximum atomic E-state index is 12.1. The maximum absolute atomic E-state index is 12.1. The van der Waals surface area contributed by atoms with Gasteiger partial charge in [-0.2, -0.15) is 5.10 Å². The normalized spacial score (nSPS) is 10.8. The lowest BCUT2D eigenvalue weighted by molar-refractivity contribution is 0.416. The number of unbranched alkanes of at least 4 members (excludes halogenated alkanes) is 2. The molecule has 1 aromatic heterocycles. The van der Waals surface area contributed by atoms with Gasteiger partial charge in [0.2, 0.25) is 0 Å². The summed E-state index contributed by atoms with van der Waals surface area (Å²) in [5, 5.41) is 7.40. The summed E-state index contributed by atoms with van der Waals surface area (Å²) in [6.07, 6.45) is 5.42. The summed E-state index contributed by atoms with van der Waals surface area (Å²) in [6, 6.07) is 1.93. The zero-order valence-corrected chi connectivity index (χ0v) is 9.38. The quantitative estimate of drug-likeness (QED) is 0.670. The molecule has 1 rings (SSSR count). The Hall–Kier alpha value is -0.900. The van der Waals surface area contributed by atoms with Crippen molar-refractivity contribution in [3.8, 4) is 0 Å². The Morgan fingerprint density at radius 3 is 3.07 bits per heavy atom. The summed E-state index contributed by atoms with van der Waals surface area (Å²) < 4.78 is 13.9. The molecule has 1 heterocycles. The van der Waals surface area contributed by atoms with Gasteiger partial charge in [0.25, 0.3) is 0 Å². The van der Waals surface area contributed by atoms with Crippen molar-refractivity contribution in [3.05, 3.63) is 18.0 Å². The number of hydrogen-bond acceptors (Lipinski definition) is 2. The first kappa shape index (κ1) is 12.2. The zero-order chi connectivity index (χ0) is 10.9. The van der Waals surface area contributed by atoms with Gasteiger partial charge in [-0.3, -0.25) is 4.68 Å². The minimum absolute atomic E-state index is 0.357. The van der Waals surface area contributed by atoms with Crippen LogP contribution >= 0.6 is 0 Å². The highest BCUT2D eigenvalue weighted by atomic mass is 19.1. The number of rotatable bonds is 8. The minimum atomic E-state index is -0.357. The molecule has 0 saturated carbocycles. The molecule has 0 unspecified atom stereocenters. The maximum Gasteiger partial charge on any atom is 0.109 e. The molecule has 15 heavy (non-hydrogen) atoms. The van der Waals surface area contributed by atoms with Crippen LogP contribution < -0.4 is 5.32 Å². The predicted molar refractivity (Wildman–Crippen MR) is 59.4 cm³/mol. The molecule has 0 radical (unpaired) electrons. The number of aryl methyl sites for hydroxylation is 1. The summed E-state index contributed by atoms with van der Waals surface area (Å²) in [4.78, 5) is 0. The molecule has 1 N–H and O–H groups in total. The standard InChI is InChI=1S/C11H20FN3/c1-2-3-4-7-13-10-11-5-8-14-15(11)9-6-12/h5,8,13H,2-4,6-7,9-10H2,1H3. The molecule has 3 nitrogen and oxygen atoms in total. The minimum Gasteiger partial charge on any atom is -0.311 e. The van der Waals surface area contributed by atoms with Gasteiger partial charge in [-0.25, -0.2) is 4.39 Å². The fraction of sp³-hybridized carbons (Fsp3) is 0.727. The van der Waals surface area contributed by atoms with Gasteiger partial charge in [-0.1, -0.05) is 19.8 Å². The van der Waals surface area contributed by atoms with E-state index in [-0.39, 0.29) is 6.67 Å². The van der Waals surface area contributed by atoms with Gasteiger partial charge < -0.3 is 5.32 Å². The molecule has 1 aromatic rings. The molecule has 0 aliphatic heterocycles. The van der Waals surface area contributed by atoms with Gasteiger partial charge >= 0.3 is 0 Å². The number of halogens is 1. The molecule has 0 aliphatic carbocycles. The van der Waals surface area contributed by atoms with E-state index < -0.39 is 0 Å².